The van der Waals surface area contributed by atoms with Crippen LogP contribution in [0.2, 0.25) is 0 Å². The Hall–Kier alpha value is -1.95. The van der Waals surface area contributed by atoms with Crippen LogP contribution in [0, 0.1) is 12.3 Å². The molecule has 1 unspecified atom stereocenters. The molecule has 0 saturated heterocycles. The molecule has 0 fully saturated rings. The Kier molecular flexibility index (Phi) is 5.06. The first-order valence-corrected chi connectivity index (χ1v) is 7.32. The number of nitrogens with two attached hydrogens (primary N) is 1. The van der Waals surface area contributed by atoms with Crippen LogP contribution in [0.15, 0.2) is 18.2 Å². The highest BCUT2D eigenvalue weighted by atomic mass is 16.1. The Labute approximate surface area is 120 Å². The average Bonchev–Trinajstić information content (AvgIpc) is 2.43. The van der Waals surface area contributed by atoms with Gasteiger partial charge in [0, 0.05) is 18.5 Å². The zero-order valence-electron chi connectivity index (χ0n) is 11.8. The second kappa shape index (κ2) is 7.00. The minimum Gasteiger partial charge on any atom is -0.399 e. The Morgan fingerprint density at radius 3 is 3.10 bits per heavy atom. The van der Waals surface area contributed by atoms with Crippen LogP contribution < -0.4 is 11.1 Å². The van der Waals surface area contributed by atoms with Crippen LogP contribution in [0.4, 0.5) is 5.69 Å². The third-order valence-electron chi connectivity index (χ3n) is 3.79. The molecular weight excluding hydrogens is 248 g/mol. The lowest BCUT2D eigenvalue weighted by Gasteiger charge is -2.26. The molecule has 1 aromatic carbocycles. The summed E-state index contributed by atoms with van der Waals surface area (Å²) in [6, 6.07) is 6.13. The second-order valence-electron chi connectivity index (χ2n) is 5.38. The van der Waals surface area contributed by atoms with Crippen LogP contribution in [-0.4, -0.2) is 5.91 Å². The van der Waals surface area contributed by atoms with Crippen LogP contribution in [0.25, 0.3) is 0 Å². The number of terminal acetylenes is 1. The van der Waals surface area contributed by atoms with Gasteiger partial charge in [-0.2, -0.15) is 0 Å². The summed E-state index contributed by atoms with van der Waals surface area (Å²) in [5.74, 6) is 2.72. The number of nitrogens with one attached hydrogen (secondary N) is 1. The number of amides is 1. The van der Waals surface area contributed by atoms with Crippen molar-refractivity contribution in [2.75, 3.05) is 5.73 Å². The van der Waals surface area contributed by atoms with Crippen LogP contribution in [0.3, 0.4) is 0 Å². The van der Waals surface area contributed by atoms with E-state index in [4.69, 9.17) is 12.2 Å². The monoisotopic (exact) mass is 270 g/mol. The molecule has 106 valence electrons. The van der Waals surface area contributed by atoms with Crippen molar-refractivity contribution in [3.63, 3.8) is 0 Å². The van der Waals surface area contributed by atoms with Crippen LogP contribution in [0.5, 0.6) is 0 Å². The van der Waals surface area contributed by atoms with Crippen molar-refractivity contribution in [3.8, 4) is 12.3 Å². The molecule has 20 heavy (non-hydrogen) atoms. The third kappa shape index (κ3) is 3.77. The molecule has 1 amide bonds. The van der Waals surface area contributed by atoms with Gasteiger partial charge in [-0.05, 0) is 55.4 Å². The lowest BCUT2D eigenvalue weighted by atomic mass is 9.87. The molecule has 0 aromatic heterocycles. The lowest BCUT2D eigenvalue weighted by Crippen LogP contribution is -2.30. The fourth-order valence-electron chi connectivity index (χ4n) is 2.76. The Morgan fingerprint density at radius 2 is 2.30 bits per heavy atom. The molecular formula is C17H22N2O. The minimum absolute atomic E-state index is 0.122. The molecule has 3 N–H and O–H groups in total. The third-order valence-corrected chi connectivity index (χ3v) is 3.79. The summed E-state index contributed by atoms with van der Waals surface area (Å²) in [6.45, 7) is 0. The number of unbranched alkanes of at least 4 members (excludes halogenated alkanes) is 2. The SMILES string of the molecule is C#CCCCCC(=O)NC1CCCc2cc(N)ccc21. The van der Waals surface area contributed by atoms with Gasteiger partial charge in [0.15, 0.2) is 0 Å². The average molecular weight is 270 g/mol. The van der Waals surface area contributed by atoms with Crippen LogP contribution >= 0.6 is 0 Å². The zero-order valence-corrected chi connectivity index (χ0v) is 11.8. The fraction of sp³-hybridized carbons (Fsp3) is 0.471. The molecule has 0 heterocycles. The van der Waals surface area contributed by atoms with Crippen molar-refractivity contribution in [1.82, 2.24) is 5.32 Å². The van der Waals surface area contributed by atoms with E-state index in [9.17, 15) is 4.79 Å². The number of carbonyl (C=O) groups is 1. The van der Waals surface area contributed by atoms with E-state index in [2.05, 4.69) is 11.2 Å². The first kappa shape index (κ1) is 14.5. The Bertz CT molecular complexity index is 516. The number of nitrogen functional groups attached to an aromatic ring is 1. The van der Waals surface area contributed by atoms with Gasteiger partial charge in [0.05, 0.1) is 6.04 Å². The number of hydrogen-bond acceptors (Lipinski definition) is 2. The highest BCUT2D eigenvalue weighted by Crippen LogP contribution is 2.31. The smallest absolute Gasteiger partial charge is 0.220 e. The van der Waals surface area contributed by atoms with Crippen LogP contribution in [0.1, 0.15) is 55.7 Å². The molecule has 0 radical (unpaired) electrons. The van der Waals surface area contributed by atoms with Gasteiger partial charge in [-0.3, -0.25) is 4.79 Å². The van der Waals surface area contributed by atoms with Crippen LogP contribution in [-0.2, 0) is 11.2 Å². The van der Waals surface area contributed by atoms with E-state index in [-0.39, 0.29) is 11.9 Å². The van der Waals surface area contributed by atoms with Gasteiger partial charge in [0.25, 0.3) is 0 Å². The number of rotatable bonds is 5. The highest BCUT2D eigenvalue weighted by molar-refractivity contribution is 5.76. The van der Waals surface area contributed by atoms with Gasteiger partial charge >= 0.3 is 0 Å². The fourth-order valence-corrected chi connectivity index (χ4v) is 2.76. The van der Waals surface area contributed by atoms with E-state index < -0.39 is 0 Å². The first-order chi connectivity index (χ1) is 9.70. The van der Waals surface area contributed by atoms with E-state index in [1.165, 1.54) is 11.1 Å². The minimum atomic E-state index is 0.122. The largest absolute Gasteiger partial charge is 0.399 e. The summed E-state index contributed by atoms with van der Waals surface area (Å²) >= 11 is 0. The molecule has 1 aromatic rings. The summed E-state index contributed by atoms with van der Waals surface area (Å²) in [7, 11) is 0. The summed E-state index contributed by atoms with van der Waals surface area (Å²) in [6.07, 6.45) is 11.4. The van der Waals surface area contributed by atoms with E-state index >= 15 is 0 Å². The maximum absolute atomic E-state index is 12.0. The molecule has 3 nitrogen and oxygen atoms in total. The molecule has 3 heteroatoms. The quantitative estimate of drug-likeness (QED) is 0.491. The van der Waals surface area contributed by atoms with Gasteiger partial charge in [-0.25, -0.2) is 0 Å². The van der Waals surface area contributed by atoms with E-state index in [0.29, 0.717) is 6.42 Å². The molecule has 0 spiro atoms. The van der Waals surface area contributed by atoms with Gasteiger partial charge in [0.2, 0.25) is 5.91 Å². The number of aryl methyl sites for hydroxylation is 1. The number of hydrogen-bond donors (Lipinski definition) is 2. The topological polar surface area (TPSA) is 55.1 Å². The molecule has 2 rings (SSSR count). The molecule has 0 saturated carbocycles. The standard InChI is InChI=1S/C17H22N2O/c1-2-3-4-5-9-17(20)19-16-8-6-7-13-12-14(18)10-11-15(13)16/h1,10-12,16H,3-9,18H2,(H,19,20). The number of anilines is 1. The van der Waals surface area contributed by atoms with Gasteiger partial charge in [0.1, 0.15) is 0 Å². The molecule has 1 atom stereocenters. The van der Waals surface area contributed by atoms with E-state index in [1.807, 2.05) is 18.2 Å². The number of benzene rings is 1. The van der Waals surface area contributed by atoms with E-state index in [0.717, 1.165) is 44.2 Å². The van der Waals surface area contributed by atoms with Gasteiger partial charge in [-0.1, -0.05) is 6.07 Å². The molecule has 0 bridgehead atoms. The molecule has 0 aliphatic heterocycles. The van der Waals surface area contributed by atoms with Crippen molar-refractivity contribution < 1.29 is 4.79 Å². The van der Waals surface area contributed by atoms with Crippen molar-refractivity contribution >= 4 is 11.6 Å². The lowest BCUT2D eigenvalue weighted by molar-refractivity contribution is -0.122. The van der Waals surface area contributed by atoms with Crippen molar-refractivity contribution in [1.29, 1.82) is 0 Å². The van der Waals surface area contributed by atoms with Crippen molar-refractivity contribution in [3.05, 3.63) is 29.3 Å². The summed E-state index contributed by atoms with van der Waals surface area (Å²) in [5, 5.41) is 3.14. The second-order valence-corrected chi connectivity index (χ2v) is 5.38. The molecule has 1 aliphatic carbocycles. The normalized spacial score (nSPS) is 17.1. The number of carbonyl (C=O) groups excluding carboxylic acids is 1. The maximum atomic E-state index is 12.0. The van der Waals surface area contributed by atoms with Gasteiger partial charge < -0.3 is 11.1 Å². The Morgan fingerprint density at radius 1 is 1.45 bits per heavy atom. The summed E-state index contributed by atoms with van der Waals surface area (Å²) < 4.78 is 0. The number of fused-ring (bicyclic) bond motifs is 1. The summed E-state index contributed by atoms with van der Waals surface area (Å²) in [5.41, 5.74) is 9.11. The van der Waals surface area contributed by atoms with Crippen molar-refractivity contribution in [2.45, 2.75) is 51.0 Å². The predicted octanol–water partition coefficient (Wildman–Crippen LogP) is 2.96. The highest BCUT2D eigenvalue weighted by Gasteiger charge is 2.21. The zero-order chi connectivity index (χ0) is 14.4. The maximum Gasteiger partial charge on any atom is 0.220 e. The summed E-state index contributed by atoms with van der Waals surface area (Å²) in [4.78, 5) is 12.0. The van der Waals surface area contributed by atoms with Crippen molar-refractivity contribution in [2.24, 2.45) is 0 Å². The van der Waals surface area contributed by atoms with Gasteiger partial charge in [-0.15, -0.1) is 12.3 Å². The van der Waals surface area contributed by atoms with E-state index in [1.54, 1.807) is 0 Å². The predicted molar refractivity (Wildman–Crippen MR) is 82.0 cm³/mol. The first-order valence-electron chi connectivity index (χ1n) is 7.32. The Balaban J connectivity index is 1.91. The molecule has 1 aliphatic rings.